The number of hydrogen-bond acceptors (Lipinski definition) is 4. The average Bonchev–Trinajstić information content (AvgIpc) is 2.89. The normalized spacial score (nSPS) is 16.2. The largest absolute Gasteiger partial charge is 0.378 e. The van der Waals surface area contributed by atoms with Crippen LogP contribution in [0.1, 0.15) is 29.3 Å². The van der Waals surface area contributed by atoms with Crippen molar-refractivity contribution in [2.75, 3.05) is 31.2 Å². The molecule has 0 bridgehead atoms. The molecule has 3 rings (SSSR count). The van der Waals surface area contributed by atoms with Crippen LogP contribution >= 0.6 is 0 Å². The molecule has 136 valence electrons. The van der Waals surface area contributed by atoms with Crippen molar-refractivity contribution in [3.63, 3.8) is 0 Å². The Bertz CT molecular complexity index is 704. The number of nitrogens with zero attached hydrogens (tertiary/aromatic N) is 3. The molecule has 1 aliphatic rings. The molecule has 0 amide bonds. The molecule has 5 heteroatoms. The molecule has 0 radical (unpaired) electrons. The molecule has 0 spiro atoms. The zero-order chi connectivity index (χ0) is 17.8. The lowest BCUT2D eigenvalue weighted by molar-refractivity contribution is 0.122. The van der Waals surface area contributed by atoms with Crippen molar-refractivity contribution in [3.05, 3.63) is 46.6 Å². The topological polar surface area (TPSA) is 42.3 Å². The molecular formula is C20H30N4O. The van der Waals surface area contributed by atoms with Crippen LogP contribution < -0.4 is 10.2 Å². The Morgan fingerprint density at radius 1 is 1.20 bits per heavy atom. The van der Waals surface area contributed by atoms with Gasteiger partial charge in [0.2, 0.25) is 0 Å². The van der Waals surface area contributed by atoms with E-state index < -0.39 is 0 Å². The first-order valence-corrected chi connectivity index (χ1v) is 9.19. The molecule has 0 aliphatic carbocycles. The minimum absolute atomic E-state index is 0.415. The molecule has 1 atom stereocenters. The number of anilines is 1. The SMILES string of the molecule is Cc1ccccc1C[C@H](C)NCc1c(C)nn(C)c1N1CCOCC1. The van der Waals surface area contributed by atoms with Crippen LogP contribution in [0, 0.1) is 13.8 Å². The van der Waals surface area contributed by atoms with Gasteiger partial charge in [-0.3, -0.25) is 4.68 Å². The number of rotatable bonds is 6. The summed E-state index contributed by atoms with van der Waals surface area (Å²) in [7, 11) is 2.04. The fourth-order valence-corrected chi connectivity index (χ4v) is 3.58. The first-order valence-electron chi connectivity index (χ1n) is 9.19. The Kier molecular flexibility index (Phi) is 5.76. The standard InChI is InChI=1S/C20H30N4O/c1-15-7-5-6-8-18(15)13-16(2)21-14-19-17(3)22-23(4)20(19)24-9-11-25-12-10-24/h5-8,16,21H,9-14H2,1-4H3/t16-/m0/s1. The maximum Gasteiger partial charge on any atom is 0.131 e. The summed E-state index contributed by atoms with van der Waals surface area (Å²) < 4.78 is 7.51. The second-order valence-electron chi connectivity index (χ2n) is 7.02. The van der Waals surface area contributed by atoms with Crippen LogP contribution in [-0.4, -0.2) is 42.1 Å². The zero-order valence-corrected chi connectivity index (χ0v) is 15.9. The summed E-state index contributed by atoms with van der Waals surface area (Å²) in [4.78, 5) is 2.40. The van der Waals surface area contributed by atoms with E-state index in [1.54, 1.807) is 0 Å². The Hall–Kier alpha value is -1.85. The molecule has 1 N–H and O–H groups in total. The van der Waals surface area contributed by atoms with Crippen molar-refractivity contribution in [3.8, 4) is 0 Å². The quantitative estimate of drug-likeness (QED) is 0.876. The van der Waals surface area contributed by atoms with Gasteiger partial charge in [0.05, 0.1) is 18.9 Å². The maximum absolute atomic E-state index is 5.50. The van der Waals surface area contributed by atoms with Crippen molar-refractivity contribution < 1.29 is 4.74 Å². The van der Waals surface area contributed by atoms with E-state index in [0.717, 1.165) is 45.0 Å². The first kappa shape index (κ1) is 18.0. The molecular weight excluding hydrogens is 312 g/mol. The molecule has 25 heavy (non-hydrogen) atoms. The Morgan fingerprint density at radius 2 is 1.92 bits per heavy atom. The summed E-state index contributed by atoms with van der Waals surface area (Å²) in [6.45, 7) is 10.8. The highest BCUT2D eigenvalue weighted by atomic mass is 16.5. The van der Waals surface area contributed by atoms with Gasteiger partial charge >= 0.3 is 0 Å². The lowest BCUT2D eigenvalue weighted by Gasteiger charge is -2.30. The van der Waals surface area contributed by atoms with Crippen molar-refractivity contribution in [2.24, 2.45) is 7.05 Å². The average molecular weight is 342 g/mol. The number of morpholine rings is 1. The van der Waals surface area contributed by atoms with Crippen LogP contribution in [0.2, 0.25) is 0 Å². The zero-order valence-electron chi connectivity index (χ0n) is 15.9. The van der Waals surface area contributed by atoms with E-state index in [2.05, 4.69) is 60.4 Å². The molecule has 2 aromatic rings. The van der Waals surface area contributed by atoms with Gasteiger partial charge in [0, 0.05) is 38.3 Å². The maximum atomic E-state index is 5.50. The van der Waals surface area contributed by atoms with Gasteiger partial charge in [0.1, 0.15) is 5.82 Å². The minimum atomic E-state index is 0.415. The van der Waals surface area contributed by atoms with Gasteiger partial charge in [-0.15, -0.1) is 0 Å². The van der Waals surface area contributed by atoms with E-state index in [-0.39, 0.29) is 0 Å². The summed E-state index contributed by atoms with van der Waals surface area (Å²) in [6, 6.07) is 9.05. The molecule has 0 saturated carbocycles. The van der Waals surface area contributed by atoms with Crippen molar-refractivity contribution in [1.82, 2.24) is 15.1 Å². The van der Waals surface area contributed by atoms with Crippen molar-refractivity contribution >= 4 is 5.82 Å². The van der Waals surface area contributed by atoms with Gasteiger partial charge in [0.25, 0.3) is 0 Å². The molecule has 2 heterocycles. The minimum Gasteiger partial charge on any atom is -0.378 e. The summed E-state index contributed by atoms with van der Waals surface area (Å²) in [5.41, 5.74) is 5.20. The van der Waals surface area contributed by atoms with Crippen LogP contribution in [-0.2, 0) is 24.8 Å². The van der Waals surface area contributed by atoms with Gasteiger partial charge in [0.15, 0.2) is 0 Å². The predicted molar refractivity (Wildman–Crippen MR) is 102 cm³/mol. The van der Waals surface area contributed by atoms with Gasteiger partial charge in [-0.1, -0.05) is 24.3 Å². The molecule has 1 aromatic heterocycles. The van der Waals surface area contributed by atoms with E-state index in [9.17, 15) is 0 Å². The van der Waals surface area contributed by atoms with Crippen LogP contribution in [0.4, 0.5) is 5.82 Å². The highest BCUT2D eigenvalue weighted by molar-refractivity contribution is 5.50. The third-order valence-corrected chi connectivity index (χ3v) is 5.04. The smallest absolute Gasteiger partial charge is 0.131 e. The fraction of sp³-hybridized carbons (Fsp3) is 0.550. The number of nitrogens with one attached hydrogen (secondary N) is 1. The number of aromatic nitrogens is 2. The van der Waals surface area contributed by atoms with E-state index >= 15 is 0 Å². The second kappa shape index (κ2) is 8.02. The Morgan fingerprint density at radius 3 is 2.64 bits per heavy atom. The van der Waals surface area contributed by atoms with Gasteiger partial charge in [-0.2, -0.15) is 5.10 Å². The van der Waals surface area contributed by atoms with Gasteiger partial charge < -0.3 is 15.0 Å². The summed E-state index contributed by atoms with van der Waals surface area (Å²) in [6.07, 6.45) is 1.04. The fourth-order valence-electron chi connectivity index (χ4n) is 3.58. The molecule has 1 aliphatic heterocycles. The van der Waals surface area contributed by atoms with Crippen LogP contribution in [0.5, 0.6) is 0 Å². The summed E-state index contributed by atoms with van der Waals surface area (Å²) >= 11 is 0. The van der Waals surface area contributed by atoms with Gasteiger partial charge in [-0.25, -0.2) is 0 Å². The molecule has 0 unspecified atom stereocenters. The lowest BCUT2D eigenvalue weighted by Crippen LogP contribution is -2.38. The predicted octanol–water partition coefficient (Wildman–Crippen LogP) is 2.59. The van der Waals surface area contributed by atoms with Crippen LogP contribution in [0.25, 0.3) is 0 Å². The van der Waals surface area contributed by atoms with E-state index in [1.807, 2.05) is 11.7 Å². The third kappa shape index (κ3) is 4.22. The first-order chi connectivity index (χ1) is 12.1. The number of hydrogen-bond donors (Lipinski definition) is 1. The molecule has 1 fully saturated rings. The number of ether oxygens (including phenoxy) is 1. The molecule has 5 nitrogen and oxygen atoms in total. The monoisotopic (exact) mass is 342 g/mol. The number of benzene rings is 1. The molecule has 1 saturated heterocycles. The highest BCUT2D eigenvalue weighted by Gasteiger charge is 2.21. The summed E-state index contributed by atoms with van der Waals surface area (Å²) in [5, 5.41) is 8.35. The van der Waals surface area contributed by atoms with Crippen LogP contribution in [0.3, 0.4) is 0 Å². The highest BCUT2D eigenvalue weighted by Crippen LogP contribution is 2.24. The number of aryl methyl sites for hydroxylation is 3. The summed E-state index contributed by atoms with van der Waals surface area (Å²) in [5.74, 6) is 1.23. The molecule has 1 aromatic carbocycles. The Labute approximate surface area is 151 Å². The van der Waals surface area contributed by atoms with Crippen molar-refractivity contribution in [1.29, 1.82) is 0 Å². The third-order valence-electron chi connectivity index (χ3n) is 5.04. The van der Waals surface area contributed by atoms with Gasteiger partial charge in [-0.05, 0) is 38.3 Å². The lowest BCUT2D eigenvalue weighted by atomic mass is 10.0. The van der Waals surface area contributed by atoms with Crippen LogP contribution in [0.15, 0.2) is 24.3 Å². The van der Waals surface area contributed by atoms with Crippen molar-refractivity contribution in [2.45, 2.75) is 39.8 Å². The van der Waals surface area contributed by atoms with E-state index in [4.69, 9.17) is 4.74 Å². The second-order valence-corrected chi connectivity index (χ2v) is 7.02. The van der Waals surface area contributed by atoms with E-state index in [1.165, 1.54) is 22.5 Å². The Balaban J connectivity index is 1.67. The van der Waals surface area contributed by atoms with E-state index in [0.29, 0.717) is 6.04 Å².